The molecule has 0 atom stereocenters. The van der Waals surface area contributed by atoms with Crippen molar-refractivity contribution < 1.29 is 0 Å². The first-order valence-corrected chi connectivity index (χ1v) is 5.39. The molecule has 0 saturated heterocycles. The monoisotopic (exact) mass is 216 g/mol. The topological polar surface area (TPSA) is 0 Å². The molecule has 0 amide bonds. The fourth-order valence-electron chi connectivity index (χ4n) is 1.57. The summed E-state index contributed by atoms with van der Waals surface area (Å²) in [4.78, 5) is 0. The Kier molecular flexibility index (Phi) is 4.08. The van der Waals surface area contributed by atoms with Crippen molar-refractivity contribution in [2.45, 2.75) is 32.6 Å². The van der Waals surface area contributed by atoms with Crippen LogP contribution in [0.2, 0.25) is 10.0 Å². The first-order valence-electron chi connectivity index (χ1n) is 4.63. The highest BCUT2D eigenvalue weighted by atomic mass is 35.5. The lowest BCUT2D eigenvalue weighted by Gasteiger charge is -2.13. The van der Waals surface area contributed by atoms with Gasteiger partial charge in [-0.2, -0.15) is 0 Å². The molecule has 13 heavy (non-hydrogen) atoms. The van der Waals surface area contributed by atoms with E-state index in [1.54, 1.807) is 6.07 Å². The minimum atomic E-state index is 0.580. The van der Waals surface area contributed by atoms with Gasteiger partial charge >= 0.3 is 0 Å². The lowest BCUT2D eigenvalue weighted by Crippen LogP contribution is -1.94. The maximum Gasteiger partial charge on any atom is 0.0423 e. The number of halogens is 2. The molecule has 1 rings (SSSR count). The molecule has 0 aromatic heterocycles. The molecule has 0 fully saturated rings. The van der Waals surface area contributed by atoms with E-state index in [-0.39, 0.29) is 0 Å². The van der Waals surface area contributed by atoms with Gasteiger partial charge in [0.2, 0.25) is 0 Å². The Morgan fingerprint density at radius 1 is 1.00 bits per heavy atom. The van der Waals surface area contributed by atoms with Crippen molar-refractivity contribution >= 4 is 23.2 Å². The number of rotatable bonds is 3. The first-order chi connectivity index (χ1) is 6.17. The quantitative estimate of drug-likeness (QED) is 0.675. The van der Waals surface area contributed by atoms with Crippen LogP contribution in [0.4, 0.5) is 0 Å². The van der Waals surface area contributed by atoms with E-state index < -0.39 is 0 Å². The third kappa shape index (κ3) is 2.89. The average Bonchev–Trinajstić information content (AvgIpc) is 2.04. The standard InChI is InChI=1S/C11H14Cl2/c1-3-8(4-2)9-5-10(12)7-11(13)6-9/h5-8H,3-4H2,1-2H3. The molecule has 2 heteroatoms. The van der Waals surface area contributed by atoms with Crippen molar-refractivity contribution in [1.29, 1.82) is 0 Å². The Morgan fingerprint density at radius 2 is 1.46 bits per heavy atom. The molecule has 0 spiro atoms. The van der Waals surface area contributed by atoms with Crippen LogP contribution in [-0.2, 0) is 0 Å². The van der Waals surface area contributed by atoms with E-state index in [1.165, 1.54) is 5.56 Å². The SMILES string of the molecule is CCC(CC)c1cc(Cl)cc(Cl)c1. The molecule has 0 radical (unpaired) electrons. The third-order valence-corrected chi connectivity index (χ3v) is 2.78. The van der Waals surface area contributed by atoms with E-state index in [4.69, 9.17) is 23.2 Å². The van der Waals surface area contributed by atoms with Crippen molar-refractivity contribution in [1.82, 2.24) is 0 Å². The summed E-state index contributed by atoms with van der Waals surface area (Å²) in [6, 6.07) is 5.78. The zero-order valence-corrected chi connectivity index (χ0v) is 9.49. The summed E-state index contributed by atoms with van der Waals surface area (Å²) in [6.45, 7) is 4.37. The average molecular weight is 217 g/mol. The van der Waals surface area contributed by atoms with Crippen molar-refractivity contribution in [3.63, 3.8) is 0 Å². The molecular formula is C11H14Cl2. The van der Waals surface area contributed by atoms with Crippen molar-refractivity contribution in [2.24, 2.45) is 0 Å². The second kappa shape index (κ2) is 4.88. The number of hydrogen-bond acceptors (Lipinski definition) is 0. The van der Waals surface area contributed by atoms with Crippen LogP contribution in [0.5, 0.6) is 0 Å². The Labute approximate surface area is 89.9 Å². The molecular weight excluding hydrogens is 203 g/mol. The normalized spacial score (nSPS) is 10.8. The van der Waals surface area contributed by atoms with E-state index in [0.717, 1.165) is 22.9 Å². The van der Waals surface area contributed by atoms with Gasteiger partial charge in [-0.1, -0.05) is 37.0 Å². The van der Waals surface area contributed by atoms with Gasteiger partial charge in [-0.05, 0) is 42.5 Å². The van der Waals surface area contributed by atoms with Gasteiger partial charge in [0, 0.05) is 10.0 Å². The molecule has 0 aliphatic rings. The fraction of sp³-hybridized carbons (Fsp3) is 0.455. The first kappa shape index (κ1) is 10.9. The van der Waals surface area contributed by atoms with Crippen LogP contribution in [0.1, 0.15) is 38.2 Å². The van der Waals surface area contributed by atoms with E-state index in [2.05, 4.69) is 13.8 Å². The van der Waals surface area contributed by atoms with Gasteiger partial charge in [0.05, 0.1) is 0 Å². The summed E-state index contributed by atoms with van der Waals surface area (Å²) in [6.07, 6.45) is 2.26. The summed E-state index contributed by atoms with van der Waals surface area (Å²) in [7, 11) is 0. The van der Waals surface area contributed by atoms with Gasteiger partial charge in [-0.3, -0.25) is 0 Å². The highest BCUT2D eigenvalue weighted by Crippen LogP contribution is 2.28. The number of hydrogen-bond donors (Lipinski definition) is 0. The molecule has 0 aliphatic carbocycles. The second-order valence-electron chi connectivity index (χ2n) is 3.22. The van der Waals surface area contributed by atoms with Crippen LogP contribution >= 0.6 is 23.2 Å². The smallest absolute Gasteiger partial charge is 0.0423 e. The molecule has 0 saturated carbocycles. The molecule has 0 N–H and O–H groups in total. The van der Waals surface area contributed by atoms with Gasteiger partial charge in [0.25, 0.3) is 0 Å². The summed E-state index contributed by atoms with van der Waals surface area (Å²) in [5, 5.41) is 1.46. The van der Waals surface area contributed by atoms with E-state index >= 15 is 0 Å². The van der Waals surface area contributed by atoms with Gasteiger partial charge in [-0.25, -0.2) is 0 Å². The van der Waals surface area contributed by atoms with Crippen LogP contribution in [0.3, 0.4) is 0 Å². The maximum atomic E-state index is 5.92. The van der Waals surface area contributed by atoms with Gasteiger partial charge in [0.1, 0.15) is 0 Å². The van der Waals surface area contributed by atoms with Crippen molar-refractivity contribution in [3.8, 4) is 0 Å². The van der Waals surface area contributed by atoms with Gasteiger partial charge < -0.3 is 0 Å². The maximum absolute atomic E-state index is 5.92. The molecule has 0 bridgehead atoms. The fourth-order valence-corrected chi connectivity index (χ4v) is 2.11. The lowest BCUT2D eigenvalue weighted by atomic mass is 9.94. The second-order valence-corrected chi connectivity index (χ2v) is 4.09. The zero-order chi connectivity index (χ0) is 9.84. The Morgan fingerprint density at radius 3 is 1.85 bits per heavy atom. The molecule has 1 aromatic rings. The molecule has 72 valence electrons. The lowest BCUT2D eigenvalue weighted by molar-refractivity contribution is 0.642. The minimum Gasteiger partial charge on any atom is -0.0843 e. The largest absolute Gasteiger partial charge is 0.0843 e. The van der Waals surface area contributed by atoms with Crippen LogP contribution in [0, 0.1) is 0 Å². The van der Waals surface area contributed by atoms with Crippen molar-refractivity contribution in [3.05, 3.63) is 33.8 Å². The van der Waals surface area contributed by atoms with Crippen LogP contribution in [0.15, 0.2) is 18.2 Å². The van der Waals surface area contributed by atoms with E-state index in [9.17, 15) is 0 Å². The molecule has 0 aliphatic heterocycles. The molecule has 0 unspecified atom stereocenters. The van der Waals surface area contributed by atoms with Crippen molar-refractivity contribution in [2.75, 3.05) is 0 Å². The Bertz CT molecular complexity index is 257. The Hall–Kier alpha value is -0.200. The molecule has 1 aromatic carbocycles. The van der Waals surface area contributed by atoms with Gasteiger partial charge in [-0.15, -0.1) is 0 Å². The highest BCUT2D eigenvalue weighted by Gasteiger charge is 2.08. The molecule has 0 heterocycles. The van der Waals surface area contributed by atoms with Gasteiger partial charge in [0.15, 0.2) is 0 Å². The van der Waals surface area contributed by atoms with Crippen LogP contribution in [0.25, 0.3) is 0 Å². The Balaban J connectivity index is 2.99. The van der Waals surface area contributed by atoms with E-state index in [0.29, 0.717) is 5.92 Å². The predicted octanol–water partition coefficient (Wildman–Crippen LogP) is 4.90. The zero-order valence-electron chi connectivity index (χ0n) is 7.98. The summed E-state index contributed by atoms with van der Waals surface area (Å²) < 4.78 is 0. The summed E-state index contributed by atoms with van der Waals surface area (Å²) in [5.41, 5.74) is 1.25. The van der Waals surface area contributed by atoms with Crippen LogP contribution in [-0.4, -0.2) is 0 Å². The summed E-state index contributed by atoms with van der Waals surface area (Å²) in [5.74, 6) is 0.580. The minimum absolute atomic E-state index is 0.580. The predicted molar refractivity (Wildman–Crippen MR) is 59.8 cm³/mol. The van der Waals surface area contributed by atoms with E-state index in [1.807, 2.05) is 12.1 Å². The third-order valence-electron chi connectivity index (χ3n) is 2.34. The summed E-state index contributed by atoms with van der Waals surface area (Å²) >= 11 is 11.8. The molecule has 0 nitrogen and oxygen atoms in total. The highest BCUT2D eigenvalue weighted by molar-refractivity contribution is 6.34. The van der Waals surface area contributed by atoms with Crippen LogP contribution < -0.4 is 0 Å². The number of benzene rings is 1.